The first-order valence-corrected chi connectivity index (χ1v) is 7.54. The van der Waals surface area contributed by atoms with Crippen LogP contribution < -0.4 is 0 Å². The number of unbranched alkanes of at least 4 members (excludes halogenated alkanes) is 2. The molecule has 0 aliphatic heterocycles. The lowest BCUT2D eigenvalue weighted by molar-refractivity contribution is -0.159. The Morgan fingerprint density at radius 2 is 1.32 bits per heavy atom. The largest absolute Gasteiger partial charge is 0.465 e. The van der Waals surface area contributed by atoms with Crippen LogP contribution in [0.25, 0.3) is 0 Å². The van der Waals surface area contributed by atoms with Crippen LogP contribution in [0.3, 0.4) is 0 Å². The molecule has 19 heavy (non-hydrogen) atoms. The van der Waals surface area contributed by atoms with Gasteiger partial charge in [0.05, 0.1) is 25.0 Å². The SMILES string of the molecule is CCCCOC(=O)C1CCCC1C(=O)OCCCC. The van der Waals surface area contributed by atoms with E-state index < -0.39 is 0 Å². The molecule has 2 atom stereocenters. The quantitative estimate of drug-likeness (QED) is 0.502. The summed E-state index contributed by atoms with van der Waals surface area (Å²) in [6, 6.07) is 0. The molecule has 1 saturated carbocycles. The fourth-order valence-corrected chi connectivity index (χ4v) is 2.37. The van der Waals surface area contributed by atoms with E-state index in [1.807, 2.05) is 0 Å². The summed E-state index contributed by atoms with van der Waals surface area (Å²) in [7, 11) is 0. The van der Waals surface area contributed by atoms with Crippen LogP contribution in [0.4, 0.5) is 0 Å². The molecular formula is C15H26O4. The van der Waals surface area contributed by atoms with E-state index in [0.29, 0.717) is 13.2 Å². The van der Waals surface area contributed by atoms with Crippen molar-refractivity contribution in [3.63, 3.8) is 0 Å². The summed E-state index contributed by atoms with van der Waals surface area (Å²) >= 11 is 0. The molecule has 0 N–H and O–H groups in total. The maximum atomic E-state index is 11.9. The van der Waals surface area contributed by atoms with Gasteiger partial charge in [-0.1, -0.05) is 33.1 Å². The number of carbonyl (C=O) groups excluding carboxylic acids is 2. The standard InChI is InChI=1S/C15H26O4/c1-3-5-10-18-14(16)12-8-7-9-13(12)15(17)19-11-6-4-2/h12-13H,3-11H2,1-2H3. The molecule has 0 saturated heterocycles. The normalized spacial score (nSPS) is 22.2. The van der Waals surface area contributed by atoms with Gasteiger partial charge in [0.25, 0.3) is 0 Å². The van der Waals surface area contributed by atoms with Gasteiger partial charge >= 0.3 is 11.9 Å². The van der Waals surface area contributed by atoms with Crippen LogP contribution in [0.5, 0.6) is 0 Å². The van der Waals surface area contributed by atoms with Gasteiger partial charge in [-0.05, 0) is 25.7 Å². The third-order valence-electron chi connectivity index (χ3n) is 3.61. The average molecular weight is 270 g/mol. The van der Waals surface area contributed by atoms with Crippen molar-refractivity contribution >= 4 is 11.9 Å². The van der Waals surface area contributed by atoms with Gasteiger partial charge in [-0.3, -0.25) is 9.59 Å². The summed E-state index contributed by atoms with van der Waals surface area (Å²) in [5.74, 6) is -1.01. The second-order valence-electron chi connectivity index (χ2n) is 5.19. The molecule has 2 unspecified atom stereocenters. The molecule has 1 fully saturated rings. The third kappa shape index (κ3) is 5.21. The number of hydrogen-bond donors (Lipinski definition) is 0. The van der Waals surface area contributed by atoms with Crippen molar-refractivity contribution in [2.24, 2.45) is 11.8 Å². The molecule has 1 aliphatic rings. The first-order chi connectivity index (χ1) is 9.20. The van der Waals surface area contributed by atoms with E-state index in [-0.39, 0.29) is 23.8 Å². The van der Waals surface area contributed by atoms with Crippen LogP contribution in [0.2, 0.25) is 0 Å². The molecule has 0 amide bonds. The molecule has 0 aromatic rings. The molecule has 0 bridgehead atoms. The van der Waals surface area contributed by atoms with Crippen molar-refractivity contribution in [1.29, 1.82) is 0 Å². The van der Waals surface area contributed by atoms with E-state index in [9.17, 15) is 9.59 Å². The minimum absolute atomic E-state index is 0.219. The third-order valence-corrected chi connectivity index (χ3v) is 3.61. The van der Waals surface area contributed by atoms with E-state index in [0.717, 1.165) is 44.9 Å². The minimum atomic E-state index is -0.286. The Labute approximate surface area is 115 Å². The highest BCUT2D eigenvalue weighted by Gasteiger charge is 2.39. The van der Waals surface area contributed by atoms with Gasteiger partial charge in [-0.15, -0.1) is 0 Å². The zero-order chi connectivity index (χ0) is 14.1. The molecule has 110 valence electrons. The van der Waals surface area contributed by atoms with Crippen LogP contribution in [-0.2, 0) is 19.1 Å². The van der Waals surface area contributed by atoms with Crippen molar-refractivity contribution in [2.75, 3.05) is 13.2 Å². The van der Waals surface area contributed by atoms with Gasteiger partial charge in [-0.25, -0.2) is 0 Å². The van der Waals surface area contributed by atoms with Crippen molar-refractivity contribution in [1.82, 2.24) is 0 Å². The molecule has 0 spiro atoms. The predicted molar refractivity (Wildman–Crippen MR) is 72.6 cm³/mol. The molecule has 0 aromatic heterocycles. The number of ether oxygens (including phenoxy) is 2. The van der Waals surface area contributed by atoms with Crippen LogP contribution in [0.1, 0.15) is 58.8 Å². The summed E-state index contributed by atoms with van der Waals surface area (Å²) in [6.45, 7) is 5.03. The Hall–Kier alpha value is -1.06. The van der Waals surface area contributed by atoms with Crippen LogP contribution >= 0.6 is 0 Å². The van der Waals surface area contributed by atoms with E-state index in [1.165, 1.54) is 0 Å². The lowest BCUT2D eigenvalue weighted by atomic mass is 9.96. The Morgan fingerprint density at radius 1 is 0.895 bits per heavy atom. The summed E-state index contributed by atoms with van der Waals surface area (Å²) in [4.78, 5) is 23.9. The van der Waals surface area contributed by atoms with Crippen molar-refractivity contribution < 1.29 is 19.1 Å². The van der Waals surface area contributed by atoms with Crippen LogP contribution in [0.15, 0.2) is 0 Å². The highest BCUT2D eigenvalue weighted by Crippen LogP contribution is 2.33. The topological polar surface area (TPSA) is 52.6 Å². The van der Waals surface area contributed by atoms with E-state index in [4.69, 9.17) is 9.47 Å². The molecule has 4 heteroatoms. The second kappa shape index (κ2) is 8.94. The fourth-order valence-electron chi connectivity index (χ4n) is 2.37. The van der Waals surface area contributed by atoms with Crippen LogP contribution in [-0.4, -0.2) is 25.2 Å². The Balaban J connectivity index is 2.39. The first kappa shape index (κ1) is 16.0. The molecular weight excluding hydrogens is 244 g/mol. The minimum Gasteiger partial charge on any atom is -0.465 e. The highest BCUT2D eigenvalue weighted by molar-refractivity contribution is 5.82. The maximum absolute atomic E-state index is 11.9. The number of hydrogen-bond acceptors (Lipinski definition) is 4. The van der Waals surface area contributed by atoms with Gasteiger partial charge in [0.15, 0.2) is 0 Å². The van der Waals surface area contributed by atoms with Crippen LogP contribution in [0, 0.1) is 11.8 Å². The monoisotopic (exact) mass is 270 g/mol. The molecule has 0 heterocycles. The van der Waals surface area contributed by atoms with E-state index in [1.54, 1.807) is 0 Å². The summed E-state index contributed by atoms with van der Waals surface area (Å²) in [6.07, 6.45) is 6.16. The molecule has 0 radical (unpaired) electrons. The van der Waals surface area contributed by atoms with E-state index >= 15 is 0 Å². The molecule has 1 rings (SSSR count). The maximum Gasteiger partial charge on any atom is 0.309 e. The molecule has 4 nitrogen and oxygen atoms in total. The van der Waals surface area contributed by atoms with Gasteiger partial charge in [0.2, 0.25) is 0 Å². The number of rotatable bonds is 8. The number of carbonyl (C=O) groups is 2. The second-order valence-corrected chi connectivity index (χ2v) is 5.19. The lowest BCUT2D eigenvalue weighted by Gasteiger charge is -2.17. The first-order valence-electron chi connectivity index (χ1n) is 7.54. The Kier molecular flexibility index (Phi) is 7.53. The van der Waals surface area contributed by atoms with Gasteiger partial charge in [0, 0.05) is 0 Å². The zero-order valence-electron chi connectivity index (χ0n) is 12.2. The fraction of sp³-hybridized carbons (Fsp3) is 0.867. The summed E-state index contributed by atoms with van der Waals surface area (Å²) < 4.78 is 10.5. The average Bonchev–Trinajstić information content (AvgIpc) is 2.88. The summed E-state index contributed by atoms with van der Waals surface area (Å²) in [5.41, 5.74) is 0. The predicted octanol–water partition coefficient (Wildman–Crippen LogP) is 3.09. The number of esters is 2. The zero-order valence-corrected chi connectivity index (χ0v) is 12.2. The van der Waals surface area contributed by atoms with Crippen molar-refractivity contribution in [2.45, 2.75) is 58.8 Å². The van der Waals surface area contributed by atoms with E-state index in [2.05, 4.69) is 13.8 Å². The smallest absolute Gasteiger partial charge is 0.309 e. The highest BCUT2D eigenvalue weighted by atomic mass is 16.5. The Bertz CT molecular complexity index is 260. The molecule has 0 aromatic carbocycles. The van der Waals surface area contributed by atoms with Crippen molar-refractivity contribution in [3.8, 4) is 0 Å². The lowest BCUT2D eigenvalue weighted by Crippen LogP contribution is -2.29. The molecule has 1 aliphatic carbocycles. The van der Waals surface area contributed by atoms with Gasteiger partial charge in [0.1, 0.15) is 0 Å². The van der Waals surface area contributed by atoms with Gasteiger partial charge in [-0.2, -0.15) is 0 Å². The van der Waals surface area contributed by atoms with Crippen molar-refractivity contribution in [3.05, 3.63) is 0 Å². The Morgan fingerprint density at radius 3 is 1.68 bits per heavy atom. The summed E-state index contributed by atoms with van der Waals surface area (Å²) in [5, 5.41) is 0. The van der Waals surface area contributed by atoms with Gasteiger partial charge < -0.3 is 9.47 Å².